The van der Waals surface area contributed by atoms with Gasteiger partial charge >= 0.3 is 0 Å². The zero-order chi connectivity index (χ0) is 21.8. The van der Waals surface area contributed by atoms with Crippen LogP contribution in [0, 0.1) is 23.7 Å². The molecular formula is C30H58BrP. The van der Waals surface area contributed by atoms with Crippen LogP contribution in [0.4, 0.5) is 0 Å². The van der Waals surface area contributed by atoms with E-state index in [0.29, 0.717) is 5.16 Å². The van der Waals surface area contributed by atoms with E-state index < -0.39 is 0 Å². The quantitative estimate of drug-likeness (QED) is 0.164. The topological polar surface area (TPSA) is 0 Å². The van der Waals surface area contributed by atoms with Crippen molar-refractivity contribution in [1.82, 2.24) is 0 Å². The second kappa shape index (κ2) is 16.6. The minimum atomic E-state index is 0. The standard InChI is InChI=1S/C30H57P.BrH/c1-2-3-4-5-6-7-8-18-25-29(26-19-12-9-13-20-26)30(31,27-21-14-10-15-22-27)28-23-16-11-17-24-28;/h26-29H,2-25,31H2,1H3;1H. The number of hydrogen-bond donors (Lipinski definition) is 0. The zero-order valence-corrected chi connectivity index (χ0v) is 24.6. The van der Waals surface area contributed by atoms with Gasteiger partial charge in [-0.05, 0) is 60.9 Å². The van der Waals surface area contributed by atoms with Crippen LogP contribution in [0.15, 0.2) is 0 Å². The van der Waals surface area contributed by atoms with Crippen molar-refractivity contribution >= 4 is 26.2 Å². The molecule has 0 aromatic heterocycles. The van der Waals surface area contributed by atoms with Crippen molar-refractivity contribution in [3.63, 3.8) is 0 Å². The molecule has 3 aliphatic carbocycles. The molecule has 3 saturated carbocycles. The lowest BCUT2D eigenvalue weighted by molar-refractivity contribution is 0.0663. The van der Waals surface area contributed by atoms with E-state index in [0.717, 1.165) is 23.7 Å². The highest BCUT2D eigenvalue weighted by atomic mass is 79.9. The molecule has 0 spiro atoms. The molecule has 0 heterocycles. The van der Waals surface area contributed by atoms with Crippen molar-refractivity contribution in [2.75, 3.05) is 0 Å². The van der Waals surface area contributed by atoms with Gasteiger partial charge in [-0.25, -0.2) is 0 Å². The first kappa shape index (κ1) is 29.1. The average Bonchev–Trinajstić information content (AvgIpc) is 2.84. The van der Waals surface area contributed by atoms with Crippen LogP contribution in [-0.2, 0) is 0 Å². The number of hydrogen-bond acceptors (Lipinski definition) is 0. The first-order chi connectivity index (χ1) is 15.3. The molecule has 3 fully saturated rings. The number of rotatable bonds is 13. The predicted molar refractivity (Wildman–Crippen MR) is 153 cm³/mol. The molecule has 0 N–H and O–H groups in total. The maximum atomic E-state index is 3.69. The first-order valence-corrected chi connectivity index (χ1v) is 15.6. The van der Waals surface area contributed by atoms with Crippen molar-refractivity contribution in [2.24, 2.45) is 23.7 Å². The van der Waals surface area contributed by atoms with E-state index in [4.69, 9.17) is 0 Å². The summed E-state index contributed by atoms with van der Waals surface area (Å²) in [6.45, 7) is 2.33. The molecule has 3 aliphatic rings. The summed E-state index contributed by atoms with van der Waals surface area (Å²) in [6.07, 6.45) is 36.3. The Balaban J connectivity index is 0.00000363. The maximum Gasteiger partial charge on any atom is -0.00631 e. The van der Waals surface area contributed by atoms with E-state index in [1.54, 1.807) is 44.9 Å². The van der Waals surface area contributed by atoms with E-state index >= 15 is 0 Å². The molecule has 0 saturated heterocycles. The fourth-order valence-electron chi connectivity index (χ4n) is 8.07. The first-order valence-electron chi connectivity index (χ1n) is 15.1. The van der Waals surface area contributed by atoms with Gasteiger partial charge in [0.25, 0.3) is 0 Å². The summed E-state index contributed by atoms with van der Waals surface area (Å²) in [7, 11) is 3.69. The Morgan fingerprint density at radius 2 is 1.00 bits per heavy atom. The molecule has 0 aliphatic heterocycles. The zero-order valence-electron chi connectivity index (χ0n) is 21.8. The number of unbranched alkanes of at least 4 members (excludes halogenated alkanes) is 7. The Hall–Kier alpha value is 0.910. The maximum absolute atomic E-state index is 3.69. The van der Waals surface area contributed by atoms with Gasteiger partial charge in [0.2, 0.25) is 0 Å². The van der Waals surface area contributed by atoms with Crippen LogP contribution in [0.1, 0.15) is 161 Å². The van der Waals surface area contributed by atoms with E-state index in [-0.39, 0.29) is 17.0 Å². The molecular weight excluding hydrogens is 471 g/mol. The largest absolute Gasteiger partial charge is 0.130 e. The lowest BCUT2D eigenvalue weighted by atomic mass is 9.58. The Morgan fingerprint density at radius 1 is 0.594 bits per heavy atom. The molecule has 2 unspecified atom stereocenters. The van der Waals surface area contributed by atoms with Crippen LogP contribution in [0.5, 0.6) is 0 Å². The number of halogens is 1. The Labute approximate surface area is 215 Å². The van der Waals surface area contributed by atoms with E-state index in [9.17, 15) is 0 Å². The minimum Gasteiger partial charge on any atom is -0.130 e. The molecule has 32 heavy (non-hydrogen) atoms. The highest BCUT2D eigenvalue weighted by Gasteiger charge is 2.49. The van der Waals surface area contributed by atoms with Crippen molar-refractivity contribution in [1.29, 1.82) is 0 Å². The van der Waals surface area contributed by atoms with Gasteiger partial charge in [-0.1, -0.05) is 129 Å². The van der Waals surface area contributed by atoms with Gasteiger partial charge in [-0.15, -0.1) is 26.2 Å². The summed E-state index contributed by atoms with van der Waals surface area (Å²) < 4.78 is 0. The summed E-state index contributed by atoms with van der Waals surface area (Å²) in [5, 5.41) is 0.573. The van der Waals surface area contributed by atoms with Gasteiger partial charge in [-0.3, -0.25) is 0 Å². The van der Waals surface area contributed by atoms with Gasteiger partial charge in [0, 0.05) is 0 Å². The second-order valence-corrected chi connectivity index (χ2v) is 12.9. The molecule has 0 radical (unpaired) electrons. The molecule has 3 rings (SSSR count). The molecule has 0 aromatic carbocycles. The lowest BCUT2D eigenvalue weighted by Gasteiger charge is -2.54. The fourth-order valence-corrected chi connectivity index (χ4v) is 9.18. The predicted octanol–water partition coefficient (Wildman–Crippen LogP) is 11.1. The highest BCUT2D eigenvalue weighted by Crippen LogP contribution is 2.57. The van der Waals surface area contributed by atoms with E-state index in [1.807, 2.05) is 0 Å². The van der Waals surface area contributed by atoms with Crippen LogP contribution in [0.25, 0.3) is 0 Å². The van der Waals surface area contributed by atoms with E-state index in [1.165, 1.54) is 109 Å². The van der Waals surface area contributed by atoms with Crippen molar-refractivity contribution in [3.8, 4) is 0 Å². The third-order valence-corrected chi connectivity index (χ3v) is 11.2. The second-order valence-electron chi connectivity index (χ2n) is 11.9. The lowest BCUT2D eigenvalue weighted by Crippen LogP contribution is -2.50. The summed E-state index contributed by atoms with van der Waals surface area (Å²) in [4.78, 5) is 0. The fraction of sp³-hybridized carbons (Fsp3) is 1.00. The third kappa shape index (κ3) is 8.54. The summed E-state index contributed by atoms with van der Waals surface area (Å²) >= 11 is 0. The van der Waals surface area contributed by atoms with E-state index in [2.05, 4.69) is 16.2 Å². The Bertz CT molecular complexity index is 428. The summed E-state index contributed by atoms with van der Waals surface area (Å²) in [5.41, 5.74) is 0. The Morgan fingerprint density at radius 3 is 1.47 bits per heavy atom. The van der Waals surface area contributed by atoms with Gasteiger partial charge in [-0.2, -0.15) is 0 Å². The monoisotopic (exact) mass is 528 g/mol. The normalized spacial score (nSPS) is 23.1. The molecule has 190 valence electrons. The SMILES string of the molecule is Br.CCCCCCCCCCC(C1CCCCC1)C(P)(C1CCCCC1)C1CCCCC1. The van der Waals surface area contributed by atoms with Gasteiger partial charge in [0.05, 0.1) is 0 Å². The summed E-state index contributed by atoms with van der Waals surface area (Å²) in [5.74, 6) is 4.06. The van der Waals surface area contributed by atoms with Crippen LogP contribution >= 0.6 is 26.2 Å². The molecule has 0 amide bonds. The molecule has 2 atom stereocenters. The van der Waals surface area contributed by atoms with Gasteiger partial charge in [0.1, 0.15) is 0 Å². The van der Waals surface area contributed by atoms with Crippen LogP contribution in [-0.4, -0.2) is 5.16 Å². The average molecular weight is 530 g/mol. The third-order valence-electron chi connectivity index (χ3n) is 9.85. The summed E-state index contributed by atoms with van der Waals surface area (Å²) in [6, 6.07) is 0. The van der Waals surface area contributed by atoms with Crippen molar-refractivity contribution in [2.45, 2.75) is 166 Å². The van der Waals surface area contributed by atoms with Crippen LogP contribution in [0.3, 0.4) is 0 Å². The minimum absolute atomic E-state index is 0. The Kier molecular flexibility index (Phi) is 15.1. The molecule has 0 bridgehead atoms. The van der Waals surface area contributed by atoms with Crippen molar-refractivity contribution in [3.05, 3.63) is 0 Å². The van der Waals surface area contributed by atoms with Crippen molar-refractivity contribution < 1.29 is 0 Å². The highest BCUT2D eigenvalue weighted by molar-refractivity contribution is 8.93. The molecule has 2 heteroatoms. The van der Waals surface area contributed by atoms with Gasteiger partial charge in [0.15, 0.2) is 0 Å². The molecule has 0 nitrogen and oxygen atoms in total. The smallest absolute Gasteiger partial charge is 0.00631 e. The molecule has 0 aromatic rings. The van der Waals surface area contributed by atoms with Crippen LogP contribution in [0.2, 0.25) is 0 Å². The van der Waals surface area contributed by atoms with Crippen LogP contribution < -0.4 is 0 Å². The van der Waals surface area contributed by atoms with Gasteiger partial charge < -0.3 is 0 Å².